The van der Waals surface area contributed by atoms with Gasteiger partial charge in [-0.15, -0.1) is 0 Å². The van der Waals surface area contributed by atoms with E-state index in [-0.39, 0.29) is 11.1 Å². The van der Waals surface area contributed by atoms with Gasteiger partial charge in [0.05, 0.1) is 5.56 Å². The molecule has 0 unspecified atom stereocenters. The van der Waals surface area contributed by atoms with Crippen LogP contribution in [0.5, 0.6) is 0 Å². The fourth-order valence-corrected chi connectivity index (χ4v) is 1.53. The lowest BCUT2D eigenvalue weighted by molar-refractivity contribution is -0.137. The van der Waals surface area contributed by atoms with Crippen LogP contribution in [0.25, 0.3) is 11.1 Å². The fourth-order valence-electron chi connectivity index (χ4n) is 1.53. The van der Waals surface area contributed by atoms with Crippen LogP contribution in [0.15, 0.2) is 36.8 Å². The number of halogens is 3. The van der Waals surface area contributed by atoms with E-state index in [1.807, 2.05) is 0 Å². The lowest BCUT2D eigenvalue weighted by atomic mass is 10.0. The first kappa shape index (κ1) is 13.0. The Bertz CT molecular complexity index is 612. The summed E-state index contributed by atoms with van der Waals surface area (Å²) in [5.41, 5.74) is -1.30. The molecule has 0 aliphatic heterocycles. The van der Waals surface area contributed by atoms with Gasteiger partial charge in [0.1, 0.15) is 0 Å². The molecule has 2 rings (SSSR count). The van der Waals surface area contributed by atoms with E-state index in [9.17, 15) is 18.0 Å². The average Bonchev–Trinajstić information content (AvgIpc) is 2.38. The maximum Gasteiger partial charge on any atom is 0.417 e. The number of rotatable bonds is 2. The topological polar surface area (TPSA) is 63.1 Å². The highest BCUT2D eigenvalue weighted by Gasteiger charge is 2.32. The van der Waals surface area contributed by atoms with Gasteiger partial charge in [0, 0.05) is 29.7 Å². The van der Waals surface area contributed by atoms with Gasteiger partial charge in [-0.05, 0) is 12.1 Å². The van der Waals surface area contributed by atoms with Gasteiger partial charge >= 0.3 is 12.1 Å². The Labute approximate surface area is 105 Å². The number of pyridine rings is 2. The summed E-state index contributed by atoms with van der Waals surface area (Å²) in [6.45, 7) is 0. The molecule has 98 valence electrons. The van der Waals surface area contributed by atoms with Crippen LogP contribution >= 0.6 is 0 Å². The van der Waals surface area contributed by atoms with Crippen molar-refractivity contribution >= 4 is 5.97 Å². The third kappa shape index (κ3) is 2.70. The molecule has 0 atom stereocenters. The molecular weight excluding hydrogens is 261 g/mol. The quantitative estimate of drug-likeness (QED) is 0.909. The number of nitrogens with zero attached hydrogens (tertiary/aromatic N) is 2. The van der Waals surface area contributed by atoms with Crippen molar-refractivity contribution in [3.05, 3.63) is 48.0 Å². The lowest BCUT2D eigenvalue weighted by Gasteiger charge is -2.10. The minimum absolute atomic E-state index is 0.115. The Morgan fingerprint density at radius 3 is 2.53 bits per heavy atom. The molecule has 1 N–H and O–H groups in total. The molecule has 0 aromatic carbocycles. The Kier molecular flexibility index (Phi) is 3.20. The van der Waals surface area contributed by atoms with Crippen LogP contribution < -0.4 is 0 Å². The molecule has 4 nitrogen and oxygen atoms in total. The van der Waals surface area contributed by atoms with Crippen LogP contribution in [0.3, 0.4) is 0 Å². The maximum absolute atomic E-state index is 12.6. The predicted molar refractivity (Wildman–Crippen MR) is 59.4 cm³/mol. The average molecular weight is 268 g/mol. The number of hydrogen-bond donors (Lipinski definition) is 1. The van der Waals surface area contributed by atoms with Crippen LogP contribution in [0, 0.1) is 0 Å². The Balaban J connectivity index is 2.65. The molecule has 0 saturated heterocycles. The monoisotopic (exact) mass is 268 g/mol. The number of aromatic nitrogens is 2. The second kappa shape index (κ2) is 4.68. The van der Waals surface area contributed by atoms with Gasteiger partial charge in [0.25, 0.3) is 0 Å². The number of carboxylic acids is 1. The zero-order chi connectivity index (χ0) is 14.0. The van der Waals surface area contributed by atoms with E-state index in [2.05, 4.69) is 9.97 Å². The Morgan fingerprint density at radius 2 is 2.00 bits per heavy atom. The minimum Gasteiger partial charge on any atom is -0.476 e. The number of carboxylic acid groups (broad SMARTS) is 1. The van der Waals surface area contributed by atoms with Crippen LogP contribution in [0.2, 0.25) is 0 Å². The highest BCUT2D eigenvalue weighted by Crippen LogP contribution is 2.32. The van der Waals surface area contributed by atoms with E-state index in [4.69, 9.17) is 5.11 Å². The van der Waals surface area contributed by atoms with E-state index in [0.29, 0.717) is 6.20 Å². The molecule has 0 aliphatic rings. The first-order valence-corrected chi connectivity index (χ1v) is 5.10. The van der Waals surface area contributed by atoms with Crippen molar-refractivity contribution in [3.63, 3.8) is 0 Å². The van der Waals surface area contributed by atoms with Crippen molar-refractivity contribution in [1.82, 2.24) is 9.97 Å². The van der Waals surface area contributed by atoms with E-state index in [1.54, 1.807) is 0 Å². The second-order valence-electron chi connectivity index (χ2n) is 3.66. The van der Waals surface area contributed by atoms with Gasteiger partial charge in [-0.3, -0.25) is 4.98 Å². The third-order valence-corrected chi connectivity index (χ3v) is 2.39. The van der Waals surface area contributed by atoms with Gasteiger partial charge in [0.2, 0.25) is 0 Å². The van der Waals surface area contributed by atoms with Gasteiger partial charge in [-0.2, -0.15) is 13.2 Å². The molecule has 2 aromatic rings. The Hall–Kier alpha value is -2.44. The molecule has 0 bridgehead atoms. The first-order valence-electron chi connectivity index (χ1n) is 5.10. The number of aromatic carboxylic acids is 1. The fraction of sp³-hybridized carbons (Fsp3) is 0.0833. The number of alkyl halides is 3. The molecule has 19 heavy (non-hydrogen) atoms. The van der Waals surface area contributed by atoms with Crippen LogP contribution in [0.1, 0.15) is 16.1 Å². The van der Waals surface area contributed by atoms with Crippen LogP contribution in [-0.4, -0.2) is 21.0 Å². The lowest BCUT2D eigenvalue weighted by Crippen LogP contribution is -2.10. The molecule has 0 saturated carbocycles. The summed E-state index contributed by atoms with van der Waals surface area (Å²) in [6, 6.07) is 3.73. The van der Waals surface area contributed by atoms with Gasteiger partial charge in [-0.1, -0.05) is 6.07 Å². The molecular formula is C12H7F3N2O2. The summed E-state index contributed by atoms with van der Waals surface area (Å²) in [5.74, 6) is -1.40. The first-order chi connectivity index (χ1) is 8.89. The van der Waals surface area contributed by atoms with E-state index in [0.717, 1.165) is 6.07 Å². The summed E-state index contributed by atoms with van der Waals surface area (Å²) in [6.07, 6.45) is -1.36. The highest BCUT2D eigenvalue weighted by molar-refractivity contribution is 5.93. The SMILES string of the molecule is O=C(O)c1ncc(C(F)(F)F)cc1-c1cccnc1. The summed E-state index contributed by atoms with van der Waals surface area (Å²) < 4.78 is 37.8. The predicted octanol–water partition coefficient (Wildman–Crippen LogP) is 2.86. The van der Waals surface area contributed by atoms with Gasteiger partial charge < -0.3 is 5.11 Å². The van der Waals surface area contributed by atoms with E-state index in [1.165, 1.54) is 24.5 Å². The number of hydrogen-bond acceptors (Lipinski definition) is 3. The Morgan fingerprint density at radius 1 is 1.26 bits per heavy atom. The summed E-state index contributed by atoms with van der Waals surface area (Å²) in [4.78, 5) is 18.1. The zero-order valence-corrected chi connectivity index (χ0v) is 9.35. The largest absolute Gasteiger partial charge is 0.476 e. The standard InChI is InChI=1S/C12H7F3N2O2/c13-12(14,15)8-4-9(7-2-1-3-16-5-7)10(11(18)19)17-6-8/h1-6H,(H,18,19). The zero-order valence-electron chi connectivity index (χ0n) is 9.35. The van der Waals surface area contributed by atoms with Crippen molar-refractivity contribution in [2.45, 2.75) is 6.18 Å². The minimum atomic E-state index is -4.58. The highest BCUT2D eigenvalue weighted by atomic mass is 19.4. The summed E-state index contributed by atoms with van der Waals surface area (Å²) >= 11 is 0. The smallest absolute Gasteiger partial charge is 0.417 e. The molecule has 0 aliphatic carbocycles. The van der Waals surface area contributed by atoms with Gasteiger partial charge in [0.15, 0.2) is 5.69 Å². The van der Waals surface area contributed by atoms with E-state index < -0.39 is 23.4 Å². The molecule has 0 amide bonds. The van der Waals surface area contributed by atoms with Crippen molar-refractivity contribution in [3.8, 4) is 11.1 Å². The van der Waals surface area contributed by atoms with Gasteiger partial charge in [-0.25, -0.2) is 9.78 Å². The molecule has 2 aromatic heterocycles. The van der Waals surface area contributed by atoms with Crippen molar-refractivity contribution in [1.29, 1.82) is 0 Å². The van der Waals surface area contributed by atoms with Crippen molar-refractivity contribution < 1.29 is 23.1 Å². The second-order valence-corrected chi connectivity index (χ2v) is 3.66. The maximum atomic E-state index is 12.6. The molecule has 0 fully saturated rings. The van der Waals surface area contributed by atoms with Crippen molar-refractivity contribution in [2.24, 2.45) is 0 Å². The van der Waals surface area contributed by atoms with Crippen molar-refractivity contribution in [2.75, 3.05) is 0 Å². The summed E-state index contributed by atoms with van der Waals surface area (Å²) in [7, 11) is 0. The van der Waals surface area contributed by atoms with Crippen LogP contribution in [-0.2, 0) is 6.18 Å². The summed E-state index contributed by atoms with van der Waals surface area (Å²) in [5, 5.41) is 8.96. The van der Waals surface area contributed by atoms with E-state index >= 15 is 0 Å². The third-order valence-electron chi connectivity index (χ3n) is 2.39. The molecule has 0 spiro atoms. The normalized spacial score (nSPS) is 11.3. The molecule has 7 heteroatoms. The molecule has 2 heterocycles. The van der Waals surface area contributed by atoms with Crippen LogP contribution in [0.4, 0.5) is 13.2 Å². The number of carbonyl (C=O) groups is 1. The molecule has 0 radical (unpaired) electrons.